The number of amides is 1. The summed E-state index contributed by atoms with van der Waals surface area (Å²) in [6.07, 6.45) is 0. The van der Waals surface area contributed by atoms with Crippen LogP contribution in [0.2, 0.25) is 10.0 Å². The van der Waals surface area contributed by atoms with E-state index in [9.17, 15) is 4.79 Å². The van der Waals surface area contributed by atoms with Crippen LogP contribution in [0.25, 0.3) is 10.8 Å². The minimum absolute atomic E-state index is 0.0455. The maximum absolute atomic E-state index is 12.7. The Balaban J connectivity index is 1.23. The first-order valence-corrected chi connectivity index (χ1v) is 11.9. The lowest BCUT2D eigenvalue weighted by atomic mass is 10.1. The monoisotopic (exact) mass is 519 g/mol. The summed E-state index contributed by atoms with van der Waals surface area (Å²) in [4.78, 5) is 17.5. The second-order valence-electron chi connectivity index (χ2n) is 7.77. The highest BCUT2D eigenvalue weighted by atomic mass is 79.9. The average Bonchev–Trinajstić information content (AvgIpc) is 2.78. The normalized spacial score (nSPS) is 15.3. The Hall–Kier alpha value is -1.63. The van der Waals surface area contributed by atoms with Gasteiger partial charge < -0.3 is 5.32 Å². The molecular formula is C24H24BrCl2N3O. The van der Waals surface area contributed by atoms with Crippen LogP contribution in [0.15, 0.2) is 59.1 Å². The predicted octanol–water partition coefficient (Wildman–Crippen LogP) is 5.46. The van der Waals surface area contributed by atoms with Gasteiger partial charge >= 0.3 is 0 Å². The Labute approximate surface area is 201 Å². The predicted molar refractivity (Wildman–Crippen MR) is 132 cm³/mol. The molecule has 0 aromatic heterocycles. The fourth-order valence-electron chi connectivity index (χ4n) is 3.90. The molecule has 7 heteroatoms. The Morgan fingerprint density at radius 3 is 2.45 bits per heavy atom. The van der Waals surface area contributed by atoms with Crippen molar-refractivity contribution in [1.82, 2.24) is 15.1 Å². The smallest absolute Gasteiger partial charge is 0.252 e. The van der Waals surface area contributed by atoms with E-state index < -0.39 is 0 Å². The van der Waals surface area contributed by atoms with E-state index in [1.54, 1.807) is 0 Å². The quantitative estimate of drug-likeness (QED) is 0.469. The van der Waals surface area contributed by atoms with Crippen molar-refractivity contribution in [3.63, 3.8) is 0 Å². The summed E-state index contributed by atoms with van der Waals surface area (Å²) in [5, 5.41) is 6.42. The number of halogens is 3. The molecule has 4 rings (SSSR count). The number of rotatable bonds is 6. The van der Waals surface area contributed by atoms with Gasteiger partial charge in [0, 0.05) is 50.3 Å². The van der Waals surface area contributed by atoms with Gasteiger partial charge in [-0.2, -0.15) is 0 Å². The van der Waals surface area contributed by atoms with Crippen LogP contribution in [0.4, 0.5) is 0 Å². The molecule has 3 aromatic carbocycles. The van der Waals surface area contributed by atoms with Crippen molar-refractivity contribution in [3.05, 3.63) is 80.2 Å². The van der Waals surface area contributed by atoms with Gasteiger partial charge in [-0.1, -0.05) is 59.6 Å². The number of nitrogens with one attached hydrogen (secondary N) is 1. The standard InChI is InChI=1S/C24H24BrCl2N3O/c25-23-19-4-2-1-3-18(19)6-7-20(23)24(31)28-9-10-29-11-13-30(14-12-29)16-17-5-8-21(26)22(27)15-17/h1-8,15H,9-14,16H2,(H,28,31). The average molecular weight is 521 g/mol. The molecule has 0 bridgehead atoms. The highest BCUT2D eigenvalue weighted by Gasteiger charge is 2.18. The molecule has 4 nitrogen and oxygen atoms in total. The Morgan fingerprint density at radius 2 is 1.68 bits per heavy atom. The molecule has 1 heterocycles. The van der Waals surface area contributed by atoms with Crippen molar-refractivity contribution in [1.29, 1.82) is 0 Å². The van der Waals surface area contributed by atoms with Crippen molar-refractivity contribution < 1.29 is 4.79 Å². The number of carbonyl (C=O) groups is 1. The van der Waals surface area contributed by atoms with E-state index in [1.807, 2.05) is 54.6 Å². The van der Waals surface area contributed by atoms with Crippen LogP contribution in [-0.2, 0) is 6.54 Å². The summed E-state index contributed by atoms with van der Waals surface area (Å²) in [6.45, 7) is 6.29. The largest absolute Gasteiger partial charge is 0.351 e. The second-order valence-corrected chi connectivity index (χ2v) is 9.38. The maximum Gasteiger partial charge on any atom is 0.252 e. The molecule has 3 aromatic rings. The third-order valence-electron chi connectivity index (χ3n) is 5.68. The third kappa shape index (κ3) is 5.60. The van der Waals surface area contributed by atoms with Crippen molar-refractivity contribution in [3.8, 4) is 0 Å². The van der Waals surface area contributed by atoms with Gasteiger partial charge in [0.25, 0.3) is 5.91 Å². The molecule has 0 unspecified atom stereocenters. The van der Waals surface area contributed by atoms with Gasteiger partial charge in [0.2, 0.25) is 0 Å². The van der Waals surface area contributed by atoms with Crippen molar-refractivity contribution in [2.45, 2.75) is 6.54 Å². The molecule has 0 atom stereocenters. The number of hydrogen-bond donors (Lipinski definition) is 1. The summed E-state index contributed by atoms with van der Waals surface area (Å²) in [7, 11) is 0. The van der Waals surface area contributed by atoms with Crippen LogP contribution in [0, 0.1) is 0 Å². The lowest BCUT2D eigenvalue weighted by Gasteiger charge is -2.34. The van der Waals surface area contributed by atoms with E-state index in [2.05, 4.69) is 31.0 Å². The summed E-state index contributed by atoms with van der Waals surface area (Å²) < 4.78 is 0.846. The highest BCUT2D eigenvalue weighted by Crippen LogP contribution is 2.27. The molecule has 1 saturated heterocycles. The van der Waals surface area contributed by atoms with Gasteiger partial charge in [-0.15, -0.1) is 0 Å². The van der Waals surface area contributed by atoms with Gasteiger partial charge in [-0.25, -0.2) is 0 Å². The number of piperazine rings is 1. The number of benzene rings is 3. The first-order valence-electron chi connectivity index (χ1n) is 10.4. The van der Waals surface area contributed by atoms with Gasteiger partial charge in [-0.05, 0) is 50.5 Å². The molecule has 1 amide bonds. The van der Waals surface area contributed by atoms with Crippen molar-refractivity contribution in [2.75, 3.05) is 39.3 Å². The first-order chi connectivity index (χ1) is 15.0. The number of carbonyl (C=O) groups excluding carboxylic acids is 1. The van der Waals surface area contributed by atoms with E-state index in [0.717, 1.165) is 54.5 Å². The molecule has 0 spiro atoms. The van der Waals surface area contributed by atoms with Crippen LogP contribution in [0.3, 0.4) is 0 Å². The highest BCUT2D eigenvalue weighted by molar-refractivity contribution is 9.10. The fourth-order valence-corrected chi connectivity index (χ4v) is 4.89. The molecule has 31 heavy (non-hydrogen) atoms. The number of fused-ring (bicyclic) bond motifs is 1. The second kappa shape index (κ2) is 10.3. The van der Waals surface area contributed by atoms with Gasteiger partial charge in [0.1, 0.15) is 0 Å². The van der Waals surface area contributed by atoms with Crippen LogP contribution >= 0.6 is 39.1 Å². The fraction of sp³-hybridized carbons (Fsp3) is 0.292. The zero-order chi connectivity index (χ0) is 21.8. The van der Waals surface area contributed by atoms with Crippen LogP contribution < -0.4 is 5.32 Å². The Bertz CT molecular complexity index is 1080. The minimum Gasteiger partial charge on any atom is -0.351 e. The van der Waals surface area contributed by atoms with Crippen LogP contribution in [0.1, 0.15) is 15.9 Å². The van der Waals surface area contributed by atoms with E-state index >= 15 is 0 Å². The van der Waals surface area contributed by atoms with Gasteiger partial charge in [0.05, 0.1) is 15.6 Å². The third-order valence-corrected chi connectivity index (χ3v) is 7.27. The SMILES string of the molecule is O=C(NCCN1CCN(Cc2ccc(Cl)c(Cl)c2)CC1)c1ccc2ccccc2c1Br. The van der Waals surface area contributed by atoms with E-state index in [-0.39, 0.29) is 5.91 Å². The summed E-state index contributed by atoms with van der Waals surface area (Å²) in [5.74, 6) is -0.0455. The zero-order valence-electron chi connectivity index (χ0n) is 17.1. The van der Waals surface area contributed by atoms with E-state index in [0.29, 0.717) is 22.2 Å². The molecular weight excluding hydrogens is 497 g/mol. The molecule has 0 aliphatic carbocycles. The molecule has 162 valence electrons. The molecule has 1 N–H and O–H groups in total. The maximum atomic E-state index is 12.7. The Morgan fingerprint density at radius 1 is 0.935 bits per heavy atom. The lowest BCUT2D eigenvalue weighted by molar-refractivity contribution is 0.0933. The number of hydrogen-bond acceptors (Lipinski definition) is 3. The first kappa shape index (κ1) is 22.6. The van der Waals surface area contributed by atoms with Crippen molar-refractivity contribution in [2.24, 2.45) is 0 Å². The number of nitrogens with zero attached hydrogens (tertiary/aromatic N) is 2. The lowest BCUT2D eigenvalue weighted by Crippen LogP contribution is -2.48. The molecule has 1 fully saturated rings. The zero-order valence-corrected chi connectivity index (χ0v) is 20.2. The van der Waals surface area contributed by atoms with Crippen LogP contribution in [-0.4, -0.2) is 55.0 Å². The van der Waals surface area contributed by atoms with Crippen LogP contribution in [0.5, 0.6) is 0 Å². The molecule has 0 saturated carbocycles. The summed E-state index contributed by atoms with van der Waals surface area (Å²) >= 11 is 15.7. The van der Waals surface area contributed by atoms with Gasteiger partial charge in [0.15, 0.2) is 0 Å². The topological polar surface area (TPSA) is 35.6 Å². The summed E-state index contributed by atoms with van der Waals surface area (Å²) in [6, 6.07) is 17.7. The molecule has 0 radical (unpaired) electrons. The molecule has 1 aliphatic rings. The van der Waals surface area contributed by atoms with Gasteiger partial charge in [-0.3, -0.25) is 14.6 Å². The minimum atomic E-state index is -0.0455. The Kier molecular flexibility index (Phi) is 7.51. The summed E-state index contributed by atoms with van der Waals surface area (Å²) in [5.41, 5.74) is 1.85. The molecule has 1 aliphatic heterocycles. The van der Waals surface area contributed by atoms with E-state index in [1.165, 1.54) is 5.56 Å². The van der Waals surface area contributed by atoms with Crippen molar-refractivity contribution >= 4 is 55.8 Å². The van der Waals surface area contributed by atoms with E-state index in [4.69, 9.17) is 23.2 Å².